The van der Waals surface area contributed by atoms with Crippen LogP contribution >= 0.6 is 11.3 Å². The van der Waals surface area contributed by atoms with Gasteiger partial charge in [0.1, 0.15) is 0 Å². The molecule has 0 radical (unpaired) electrons. The Balaban J connectivity index is 1.49. The molecule has 1 aliphatic heterocycles. The van der Waals surface area contributed by atoms with Crippen molar-refractivity contribution in [3.05, 3.63) is 29.5 Å². The summed E-state index contributed by atoms with van der Waals surface area (Å²) in [4.78, 5) is 7.20. The van der Waals surface area contributed by atoms with Crippen LogP contribution in [0.5, 0.6) is 0 Å². The lowest BCUT2D eigenvalue weighted by Crippen LogP contribution is -2.36. The third kappa shape index (κ3) is 3.93. The molecule has 0 unspecified atom stereocenters. The van der Waals surface area contributed by atoms with E-state index in [1.54, 1.807) is 17.6 Å². The minimum absolute atomic E-state index is 0.843. The Bertz CT molecular complexity index is 529. The molecule has 0 amide bonds. The molecule has 0 aromatic carbocycles. The molecule has 0 atom stereocenters. The number of nitrogens with one attached hydrogen (secondary N) is 1. The van der Waals surface area contributed by atoms with Crippen molar-refractivity contribution in [2.75, 3.05) is 26.2 Å². The van der Waals surface area contributed by atoms with Crippen LogP contribution in [0.15, 0.2) is 28.2 Å². The van der Waals surface area contributed by atoms with E-state index in [0.717, 1.165) is 35.5 Å². The summed E-state index contributed by atoms with van der Waals surface area (Å²) in [6, 6.07) is 3.88. The molecule has 3 heterocycles. The summed E-state index contributed by atoms with van der Waals surface area (Å²) in [6.45, 7) is 7.75. The Labute approximate surface area is 130 Å². The van der Waals surface area contributed by atoms with E-state index in [0.29, 0.717) is 0 Å². The number of rotatable bonds is 6. The van der Waals surface area contributed by atoms with Gasteiger partial charge in [0.05, 0.1) is 12.0 Å². The van der Waals surface area contributed by atoms with Crippen LogP contribution in [0.4, 0.5) is 0 Å². The van der Waals surface area contributed by atoms with Crippen LogP contribution in [0, 0.1) is 5.92 Å². The van der Waals surface area contributed by atoms with E-state index in [1.165, 1.54) is 32.5 Å². The number of hydrogen-bond donors (Lipinski definition) is 1. The fourth-order valence-corrected chi connectivity index (χ4v) is 3.60. The molecule has 3 rings (SSSR count). The largest absolute Gasteiger partial charge is 0.462 e. The molecule has 0 bridgehead atoms. The Morgan fingerprint density at radius 2 is 2.29 bits per heavy atom. The Morgan fingerprint density at radius 3 is 3.00 bits per heavy atom. The number of likely N-dealkylation sites (tertiary alicyclic amines) is 1. The van der Waals surface area contributed by atoms with Crippen LogP contribution in [0.1, 0.15) is 25.5 Å². The normalized spacial score (nSPS) is 17.4. The minimum Gasteiger partial charge on any atom is -0.462 e. The summed E-state index contributed by atoms with van der Waals surface area (Å²) in [5.74, 6) is 1.71. The monoisotopic (exact) mass is 305 g/mol. The second kappa shape index (κ2) is 7.20. The molecular formula is C16H23N3OS. The molecular weight excluding hydrogens is 282 g/mol. The SMILES string of the molecule is CCNCC1CCN(Cc2csc(-c3ccco3)n2)CC1. The molecule has 2 aromatic heterocycles. The zero-order chi connectivity index (χ0) is 14.5. The Morgan fingerprint density at radius 1 is 1.43 bits per heavy atom. The Kier molecular flexibility index (Phi) is 5.06. The highest BCUT2D eigenvalue weighted by molar-refractivity contribution is 7.13. The molecule has 0 aliphatic carbocycles. The van der Waals surface area contributed by atoms with Crippen LogP contribution in [-0.2, 0) is 6.54 Å². The van der Waals surface area contributed by atoms with Crippen molar-refractivity contribution in [1.82, 2.24) is 15.2 Å². The second-order valence-corrected chi connectivity index (χ2v) is 6.51. The molecule has 2 aromatic rings. The van der Waals surface area contributed by atoms with Gasteiger partial charge in [0.2, 0.25) is 0 Å². The minimum atomic E-state index is 0.843. The molecule has 0 saturated carbocycles. The first-order valence-electron chi connectivity index (χ1n) is 7.76. The van der Waals surface area contributed by atoms with Crippen LogP contribution in [0.3, 0.4) is 0 Å². The maximum Gasteiger partial charge on any atom is 0.162 e. The van der Waals surface area contributed by atoms with Gasteiger partial charge in [0.15, 0.2) is 10.8 Å². The smallest absolute Gasteiger partial charge is 0.162 e. The van der Waals surface area contributed by atoms with Crippen molar-refractivity contribution >= 4 is 11.3 Å². The van der Waals surface area contributed by atoms with Crippen molar-refractivity contribution in [3.8, 4) is 10.8 Å². The summed E-state index contributed by atoms with van der Waals surface area (Å²) in [6.07, 6.45) is 4.29. The van der Waals surface area contributed by atoms with Gasteiger partial charge in [0.25, 0.3) is 0 Å². The van der Waals surface area contributed by atoms with Crippen LogP contribution < -0.4 is 5.32 Å². The lowest BCUT2D eigenvalue weighted by Gasteiger charge is -2.31. The van der Waals surface area contributed by atoms with Crippen molar-refractivity contribution in [1.29, 1.82) is 0 Å². The van der Waals surface area contributed by atoms with Crippen LogP contribution in [0.25, 0.3) is 10.8 Å². The molecule has 114 valence electrons. The van der Waals surface area contributed by atoms with Gasteiger partial charge in [-0.3, -0.25) is 4.90 Å². The summed E-state index contributed by atoms with van der Waals surface area (Å²) in [5, 5.41) is 6.60. The maximum atomic E-state index is 5.40. The zero-order valence-electron chi connectivity index (χ0n) is 12.5. The van der Waals surface area contributed by atoms with E-state index in [-0.39, 0.29) is 0 Å². The average molecular weight is 305 g/mol. The molecule has 0 spiro atoms. The number of aromatic nitrogens is 1. The maximum absolute atomic E-state index is 5.40. The van der Waals surface area contributed by atoms with Gasteiger partial charge >= 0.3 is 0 Å². The van der Waals surface area contributed by atoms with Gasteiger partial charge in [-0.25, -0.2) is 4.98 Å². The van der Waals surface area contributed by atoms with E-state index < -0.39 is 0 Å². The number of furan rings is 1. The van der Waals surface area contributed by atoms with Crippen molar-refractivity contribution in [3.63, 3.8) is 0 Å². The van der Waals surface area contributed by atoms with Gasteiger partial charge in [-0.2, -0.15) is 0 Å². The highest BCUT2D eigenvalue weighted by Gasteiger charge is 2.19. The molecule has 1 N–H and O–H groups in total. The topological polar surface area (TPSA) is 41.3 Å². The highest BCUT2D eigenvalue weighted by Crippen LogP contribution is 2.25. The zero-order valence-corrected chi connectivity index (χ0v) is 13.4. The van der Waals surface area contributed by atoms with Crippen molar-refractivity contribution in [2.24, 2.45) is 5.92 Å². The standard InChI is InChI=1S/C16H23N3OS/c1-2-17-10-13-5-7-19(8-6-13)11-14-12-21-16(18-14)15-4-3-9-20-15/h3-4,9,12-13,17H,2,5-8,10-11H2,1H3. The second-order valence-electron chi connectivity index (χ2n) is 5.65. The molecule has 1 saturated heterocycles. The average Bonchev–Trinajstić information content (AvgIpc) is 3.17. The quantitative estimate of drug-likeness (QED) is 0.889. The predicted octanol–water partition coefficient (Wildman–Crippen LogP) is 3.22. The fourth-order valence-electron chi connectivity index (χ4n) is 2.82. The van der Waals surface area contributed by atoms with Gasteiger partial charge < -0.3 is 9.73 Å². The van der Waals surface area contributed by atoms with Gasteiger partial charge in [-0.05, 0) is 57.1 Å². The molecule has 4 nitrogen and oxygen atoms in total. The van der Waals surface area contributed by atoms with Gasteiger partial charge in [-0.15, -0.1) is 11.3 Å². The summed E-state index contributed by atoms with van der Waals surface area (Å²) < 4.78 is 5.40. The highest BCUT2D eigenvalue weighted by atomic mass is 32.1. The fraction of sp³-hybridized carbons (Fsp3) is 0.562. The molecule has 1 aliphatic rings. The van der Waals surface area contributed by atoms with E-state index >= 15 is 0 Å². The molecule has 1 fully saturated rings. The third-order valence-corrected chi connectivity index (χ3v) is 4.97. The molecule has 21 heavy (non-hydrogen) atoms. The summed E-state index contributed by atoms with van der Waals surface area (Å²) >= 11 is 1.67. The first kappa shape index (κ1) is 14.8. The van der Waals surface area contributed by atoms with E-state index in [1.807, 2.05) is 12.1 Å². The van der Waals surface area contributed by atoms with Crippen molar-refractivity contribution in [2.45, 2.75) is 26.3 Å². The van der Waals surface area contributed by atoms with E-state index in [4.69, 9.17) is 4.42 Å². The number of piperidine rings is 1. The number of nitrogens with zero attached hydrogens (tertiary/aromatic N) is 2. The van der Waals surface area contributed by atoms with Crippen LogP contribution in [0.2, 0.25) is 0 Å². The van der Waals surface area contributed by atoms with E-state index in [2.05, 4.69) is 27.5 Å². The molecule has 5 heteroatoms. The third-order valence-electron chi connectivity index (χ3n) is 4.06. The van der Waals surface area contributed by atoms with Gasteiger partial charge in [-0.1, -0.05) is 6.92 Å². The first-order chi connectivity index (χ1) is 10.3. The number of hydrogen-bond acceptors (Lipinski definition) is 5. The van der Waals surface area contributed by atoms with Crippen molar-refractivity contribution < 1.29 is 4.42 Å². The first-order valence-corrected chi connectivity index (χ1v) is 8.64. The van der Waals surface area contributed by atoms with Gasteiger partial charge in [0, 0.05) is 11.9 Å². The lowest BCUT2D eigenvalue weighted by molar-refractivity contribution is 0.174. The predicted molar refractivity (Wildman–Crippen MR) is 86.4 cm³/mol. The lowest BCUT2D eigenvalue weighted by atomic mass is 9.97. The van der Waals surface area contributed by atoms with E-state index in [9.17, 15) is 0 Å². The summed E-state index contributed by atoms with van der Waals surface area (Å²) in [5.41, 5.74) is 1.16. The summed E-state index contributed by atoms with van der Waals surface area (Å²) in [7, 11) is 0. The number of thiazole rings is 1. The Hall–Kier alpha value is -1.17. The van der Waals surface area contributed by atoms with Crippen LogP contribution in [-0.4, -0.2) is 36.1 Å².